The van der Waals surface area contributed by atoms with Crippen molar-refractivity contribution in [3.8, 4) is 0 Å². The third-order valence-corrected chi connectivity index (χ3v) is 3.57. The molecule has 0 bridgehead atoms. The second-order valence-corrected chi connectivity index (χ2v) is 5.37. The lowest BCUT2D eigenvalue weighted by Crippen LogP contribution is -2.25. The van der Waals surface area contributed by atoms with E-state index in [1.165, 1.54) is 32.1 Å². The zero-order valence-corrected chi connectivity index (χ0v) is 12.6. The minimum Gasteiger partial charge on any atom is -0.310 e. The Hall–Kier alpha value is -1.42. The van der Waals surface area contributed by atoms with E-state index in [0.717, 1.165) is 12.0 Å². The summed E-state index contributed by atoms with van der Waals surface area (Å²) < 4.78 is 0. The molecule has 4 heteroatoms. The first-order chi connectivity index (χ1) is 9.65. The van der Waals surface area contributed by atoms with E-state index in [4.69, 9.17) is 0 Å². The molecule has 1 aromatic carbocycles. The van der Waals surface area contributed by atoms with Crippen LogP contribution in [0.2, 0.25) is 0 Å². The summed E-state index contributed by atoms with van der Waals surface area (Å²) in [4.78, 5) is 10.6. The van der Waals surface area contributed by atoms with Gasteiger partial charge in [-0.25, -0.2) is 0 Å². The fourth-order valence-electron chi connectivity index (χ4n) is 2.28. The monoisotopic (exact) mass is 278 g/mol. The van der Waals surface area contributed by atoms with Crippen LogP contribution in [-0.4, -0.2) is 11.0 Å². The van der Waals surface area contributed by atoms with Crippen molar-refractivity contribution in [2.75, 3.05) is 0 Å². The molecule has 0 aliphatic heterocycles. The van der Waals surface area contributed by atoms with Crippen molar-refractivity contribution in [2.45, 2.75) is 65.0 Å². The molecular weight excluding hydrogens is 252 g/mol. The van der Waals surface area contributed by atoms with Gasteiger partial charge in [-0.15, -0.1) is 0 Å². The molecule has 1 unspecified atom stereocenters. The molecule has 4 nitrogen and oxygen atoms in total. The predicted molar refractivity (Wildman–Crippen MR) is 82.8 cm³/mol. The van der Waals surface area contributed by atoms with Crippen LogP contribution in [0, 0.1) is 10.1 Å². The SMILES string of the molecule is CCCCCCCC(C)NCc1ccccc1[N+](=O)[O-]. The Morgan fingerprint density at radius 1 is 1.20 bits per heavy atom. The second-order valence-electron chi connectivity index (χ2n) is 5.37. The van der Waals surface area contributed by atoms with Crippen molar-refractivity contribution in [3.63, 3.8) is 0 Å². The fourth-order valence-corrected chi connectivity index (χ4v) is 2.28. The van der Waals surface area contributed by atoms with Gasteiger partial charge in [0.15, 0.2) is 0 Å². The molecule has 0 heterocycles. The van der Waals surface area contributed by atoms with Crippen LogP contribution in [0.4, 0.5) is 5.69 Å². The number of hydrogen-bond acceptors (Lipinski definition) is 3. The van der Waals surface area contributed by atoms with Gasteiger partial charge in [-0.3, -0.25) is 10.1 Å². The van der Waals surface area contributed by atoms with Crippen LogP contribution in [0.1, 0.15) is 57.9 Å². The molecule has 0 fully saturated rings. The van der Waals surface area contributed by atoms with E-state index in [0.29, 0.717) is 12.6 Å². The third-order valence-electron chi connectivity index (χ3n) is 3.57. The molecule has 112 valence electrons. The van der Waals surface area contributed by atoms with Crippen molar-refractivity contribution < 1.29 is 4.92 Å². The Kier molecular flexibility index (Phi) is 7.88. The summed E-state index contributed by atoms with van der Waals surface area (Å²) in [7, 11) is 0. The zero-order valence-electron chi connectivity index (χ0n) is 12.6. The average Bonchev–Trinajstić information content (AvgIpc) is 2.45. The molecule has 1 rings (SSSR count). The maximum absolute atomic E-state index is 10.9. The first kappa shape index (κ1) is 16.6. The molecular formula is C16H26N2O2. The molecule has 1 N–H and O–H groups in total. The van der Waals surface area contributed by atoms with Gasteiger partial charge in [0.25, 0.3) is 5.69 Å². The van der Waals surface area contributed by atoms with Crippen LogP contribution < -0.4 is 5.32 Å². The highest BCUT2D eigenvalue weighted by Gasteiger charge is 2.12. The standard InChI is InChI=1S/C16H26N2O2/c1-3-4-5-6-7-10-14(2)17-13-15-11-8-9-12-16(15)18(19)20/h8-9,11-12,14,17H,3-7,10,13H2,1-2H3. The van der Waals surface area contributed by atoms with Gasteiger partial charge < -0.3 is 5.32 Å². The Balaban J connectivity index is 2.30. The van der Waals surface area contributed by atoms with E-state index in [2.05, 4.69) is 19.2 Å². The topological polar surface area (TPSA) is 55.2 Å². The van der Waals surface area contributed by atoms with Gasteiger partial charge in [0, 0.05) is 24.2 Å². The molecule has 0 amide bonds. The molecule has 1 atom stereocenters. The van der Waals surface area contributed by atoms with Crippen LogP contribution in [0.5, 0.6) is 0 Å². The number of unbranched alkanes of at least 4 members (excludes halogenated alkanes) is 4. The van der Waals surface area contributed by atoms with Gasteiger partial charge >= 0.3 is 0 Å². The van der Waals surface area contributed by atoms with Gasteiger partial charge in [0.1, 0.15) is 0 Å². The van der Waals surface area contributed by atoms with E-state index in [-0.39, 0.29) is 10.6 Å². The number of rotatable bonds is 10. The quantitative estimate of drug-likeness (QED) is 0.391. The highest BCUT2D eigenvalue weighted by atomic mass is 16.6. The van der Waals surface area contributed by atoms with Crippen molar-refractivity contribution in [3.05, 3.63) is 39.9 Å². The van der Waals surface area contributed by atoms with Crippen molar-refractivity contribution >= 4 is 5.69 Å². The van der Waals surface area contributed by atoms with Gasteiger partial charge in [-0.05, 0) is 13.3 Å². The number of benzene rings is 1. The first-order valence-electron chi connectivity index (χ1n) is 7.60. The Bertz CT molecular complexity index is 407. The van der Waals surface area contributed by atoms with Crippen LogP contribution in [0.25, 0.3) is 0 Å². The number of hydrogen-bond donors (Lipinski definition) is 1. The van der Waals surface area contributed by atoms with Crippen LogP contribution in [-0.2, 0) is 6.54 Å². The summed E-state index contributed by atoms with van der Waals surface area (Å²) in [5.74, 6) is 0. The maximum Gasteiger partial charge on any atom is 0.273 e. The Morgan fingerprint density at radius 3 is 2.60 bits per heavy atom. The Labute approximate surface area is 121 Å². The van der Waals surface area contributed by atoms with Crippen LogP contribution in [0.15, 0.2) is 24.3 Å². The molecule has 0 aliphatic rings. The normalized spacial score (nSPS) is 12.3. The molecule has 0 aliphatic carbocycles. The van der Waals surface area contributed by atoms with Crippen molar-refractivity contribution in [2.24, 2.45) is 0 Å². The maximum atomic E-state index is 10.9. The summed E-state index contributed by atoms with van der Waals surface area (Å²) >= 11 is 0. The first-order valence-corrected chi connectivity index (χ1v) is 7.60. The highest BCUT2D eigenvalue weighted by Crippen LogP contribution is 2.17. The van der Waals surface area contributed by atoms with Gasteiger partial charge in [-0.2, -0.15) is 0 Å². The summed E-state index contributed by atoms with van der Waals surface area (Å²) in [6, 6.07) is 7.33. The minimum atomic E-state index is -0.313. The lowest BCUT2D eigenvalue weighted by atomic mass is 10.1. The molecule has 0 saturated carbocycles. The van der Waals surface area contributed by atoms with Crippen LogP contribution in [0.3, 0.4) is 0 Å². The van der Waals surface area contributed by atoms with E-state index >= 15 is 0 Å². The summed E-state index contributed by atoms with van der Waals surface area (Å²) in [5.41, 5.74) is 0.963. The van der Waals surface area contributed by atoms with Gasteiger partial charge in [0.2, 0.25) is 0 Å². The molecule has 20 heavy (non-hydrogen) atoms. The lowest BCUT2D eigenvalue weighted by Gasteiger charge is -2.13. The average molecular weight is 278 g/mol. The highest BCUT2D eigenvalue weighted by molar-refractivity contribution is 5.39. The van der Waals surface area contributed by atoms with E-state index in [9.17, 15) is 10.1 Å². The minimum absolute atomic E-state index is 0.204. The van der Waals surface area contributed by atoms with Crippen LogP contribution >= 0.6 is 0 Å². The summed E-state index contributed by atoms with van der Waals surface area (Å²) in [5, 5.41) is 14.3. The third kappa shape index (κ3) is 6.15. The predicted octanol–water partition coefficient (Wildman–Crippen LogP) is 4.43. The number of nitrogens with zero attached hydrogens (tertiary/aromatic N) is 1. The molecule has 0 saturated heterocycles. The lowest BCUT2D eigenvalue weighted by molar-refractivity contribution is -0.385. The van der Waals surface area contributed by atoms with E-state index in [1.807, 2.05) is 12.1 Å². The number of nitro benzene ring substituents is 1. The number of nitro groups is 1. The number of para-hydroxylation sites is 1. The Morgan fingerprint density at radius 2 is 1.90 bits per heavy atom. The summed E-state index contributed by atoms with van der Waals surface area (Å²) in [6.07, 6.45) is 7.54. The van der Waals surface area contributed by atoms with Crippen molar-refractivity contribution in [1.82, 2.24) is 5.32 Å². The zero-order chi connectivity index (χ0) is 14.8. The second kappa shape index (κ2) is 9.48. The van der Waals surface area contributed by atoms with Gasteiger partial charge in [0.05, 0.1) is 4.92 Å². The molecule has 0 spiro atoms. The molecule has 0 radical (unpaired) electrons. The summed E-state index contributed by atoms with van der Waals surface area (Å²) in [6.45, 7) is 4.93. The van der Waals surface area contributed by atoms with E-state index < -0.39 is 0 Å². The largest absolute Gasteiger partial charge is 0.310 e. The van der Waals surface area contributed by atoms with Crippen molar-refractivity contribution in [1.29, 1.82) is 0 Å². The smallest absolute Gasteiger partial charge is 0.273 e. The number of nitrogens with one attached hydrogen (secondary N) is 1. The molecule has 0 aromatic heterocycles. The molecule has 1 aromatic rings. The van der Waals surface area contributed by atoms with Gasteiger partial charge in [-0.1, -0.05) is 57.2 Å². The van der Waals surface area contributed by atoms with E-state index in [1.54, 1.807) is 12.1 Å². The fraction of sp³-hybridized carbons (Fsp3) is 0.625.